The number of carbonyl (C=O) groups excluding carboxylic acids is 3. The number of rotatable bonds is 51. The molecule has 0 aromatic rings. The maximum absolute atomic E-state index is 12.8. The first-order valence-corrected chi connectivity index (χ1v) is 28.0. The van der Waals surface area contributed by atoms with Gasteiger partial charge in [-0.25, -0.2) is 0 Å². The second kappa shape index (κ2) is 53.2. The fourth-order valence-corrected chi connectivity index (χ4v) is 8.07. The van der Waals surface area contributed by atoms with Crippen molar-refractivity contribution in [3.63, 3.8) is 0 Å². The third kappa shape index (κ3) is 50.6. The molecule has 0 N–H and O–H groups in total. The van der Waals surface area contributed by atoms with E-state index in [9.17, 15) is 14.4 Å². The molecule has 6 nitrogen and oxygen atoms in total. The van der Waals surface area contributed by atoms with Crippen LogP contribution in [0.15, 0.2) is 36.5 Å². The second-order valence-electron chi connectivity index (χ2n) is 18.8. The molecule has 0 saturated carbocycles. The van der Waals surface area contributed by atoms with Crippen molar-refractivity contribution in [2.75, 3.05) is 13.2 Å². The third-order valence-corrected chi connectivity index (χ3v) is 12.3. The SMILES string of the molecule is CCCCCC/C=C/CCCCCCCC(=O)OC[C@H](COC(=O)CCCCCCCCCCC/C=C/CCCCCCCC)OC(=O)CCCCCCC/C=C/CCCCCCC. The molecule has 0 aliphatic carbocycles. The number of hydrogen-bond donors (Lipinski definition) is 0. The number of hydrogen-bond acceptors (Lipinski definition) is 6. The van der Waals surface area contributed by atoms with E-state index in [1.165, 1.54) is 186 Å². The Balaban J connectivity index is 4.34. The zero-order chi connectivity index (χ0) is 46.5. The third-order valence-electron chi connectivity index (χ3n) is 12.3. The molecule has 6 heteroatoms. The van der Waals surface area contributed by atoms with Gasteiger partial charge in [0.05, 0.1) is 0 Å². The minimum Gasteiger partial charge on any atom is -0.462 e. The summed E-state index contributed by atoms with van der Waals surface area (Å²) in [6.07, 6.45) is 62.7. The lowest BCUT2D eigenvalue weighted by Crippen LogP contribution is -2.30. The fourth-order valence-electron chi connectivity index (χ4n) is 8.07. The standard InChI is InChI=1S/C58H106O6/c1-4-7-10-13-16-19-22-25-27-28-29-30-31-34-36-39-42-45-48-51-57(60)63-54-55(53-62-56(59)50-47-44-41-38-35-32-24-21-18-15-12-9-6-3)64-58(61)52-49-46-43-40-37-33-26-23-20-17-14-11-8-5-2/h21,23-27,55H,4-20,22,28-54H2,1-3H3/b24-21+,26-23+,27-25+/t55-/m1/s1. The van der Waals surface area contributed by atoms with Crippen molar-refractivity contribution in [3.8, 4) is 0 Å². The van der Waals surface area contributed by atoms with E-state index >= 15 is 0 Å². The summed E-state index contributed by atoms with van der Waals surface area (Å²) in [5, 5.41) is 0. The first-order valence-electron chi connectivity index (χ1n) is 28.0. The molecule has 0 radical (unpaired) electrons. The molecule has 64 heavy (non-hydrogen) atoms. The van der Waals surface area contributed by atoms with Gasteiger partial charge >= 0.3 is 17.9 Å². The molecule has 0 aliphatic rings. The van der Waals surface area contributed by atoms with Crippen molar-refractivity contribution in [1.29, 1.82) is 0 Å². The van der Waals surface area contributed by atoms with Crippen LogP contribution in [0.5, 0.6) is 0 Å². The zero-order valence-electron chi connectivity index (χ0n) is 42.8. The van der Waals surface area contributed by atoms with E-state index in [0.29, 0.717) is 19.3 Å². The molecular weight excluding hydrogens is 793 g/mol. The first-order chi connectivity index (χ1) is 31.5. The summed E-state index contributed by atoms with van der Waals surface area (Å²) in [6, 6.07) is 0. The lowest BCUT2D eigenvalue weighted by Gasteiger charge is -2.18. The highest BCUT2D eigenvalue weighted by Gasteiger charge is 2.19. The highest BCUT2D eigenvalue weighted by molar-refractivity contribution is 5.71. The minimum atomic E-state index is -0.778. The molecule has 0 fully saturated rings. The Kier molecular flexibility index (Phi) is 51.3. The van der Waals surface area contributed by atoms with Crippen LogP contribution in [0.3, 0.4) is 0 Å². The smallest absolute Gasteiger partial charge is 0.306 e. The molecule has 0 heterocycles. The van der Waals surface area contributed by atoms with Crippen molar-refractivity contribution >= 4 is 17.9 Å². The summed E-state index contributed by atoms with van der Waals surface area (Å²) in [4.78, 5) is 38.1. The molecule has 1 atom stereocenters. The van der Waals surface area contributed by atoms with Gasteiger partial charge in [-0.15, -0.1) is 0 Å². The van der Waals surface area contributed by atoms with E-state index in [2.05, 4.69) is 57.2 Å². The van der Waals surface area contributed by atoms with E-state index in [1.54, 1.807) is 0 Å². The summed E-state index contributed by atoms with van der Waals surface area (Å²) in [5.41, 5.74) is 0. The largest absolute Gasteiger partial charge is 0.462 e. The van der Waals surface area contributed by atoms with Crippen molar-refractivity contribution in [2.24, 2.45) is 0 Å². The zero-order valence-corrected chi connectivity index (χ0v) is 42.8. The average Bonchev–Trinajstić information content (AvgIpc) is 3.29. The van der Waals surface area contributed by atoms with Crippen LogP contribution in [0.4, 0.5) is 0 Å². The lowest BCUT2D eigenvalue weighted by molar-refractivity contribution is -0.167. The van der Waals surface area contributed by atoms with Crippen molar-refractivity contribution < 1.29 is 28.6 Å². The molecule has 0 rings (SSSR count). The van der Waals surface area contributed by atoms with E-state index in [0.717, 1.165) is 70.6 Å². The molecule has 0 aliphatic heterocycles. The van der Waals surface area contributed by atoms with E-state index < -0.39 is 6.10 Å². The Morgan fingerprint density at radius 3 is 0.797 bits per heavy atom. The number of unbranched alkanes of at least 4 members (excludes halogenated alkanes) is 34. The van der Waals surface area contributed by atoms with Gasteiger partial charge in [-0.05, 0) is 96.3 Å². The van der Waals surface area contributed by atoms with Gasteiger partial charge in [-0.1, -0.05) is 218 Å². The van der Waals surface area contributed by atoms with Crippen molar-refractivity contribution in [1.82, 2.24) is 0 Å². The summed E-state index contributed by atoms with van der Waals surface area (Å²) >= 11 is 0. The predicted octanol–water partition coefficient (Wildman–Crippen LogP) is 18.5. The normalized spacial score (nSPS) is 12.2. The van der Waals surface area contributed by atoms with Crippen molar-refractivity contribution in [2.45, 2.75) is 303 Å². The molecular formula is C58H106O6. The second-order valence-corrected chi connectivity index (χ2v) is 18.8. The van der Waals surface area contributed by atoms with Crippen molar-refractivity contribution in [3.05, 3.63) is 36.5 Å². The Morgan fingerprint density at radius 2 is 0.516 bits per heavy atom. The van der Waals surface area contributed by atoms with E-state index in [4.69, 9.17) is 14.2 Å². The minimum absolute atomic E-state index is 0.0772. The van der Waals surface area contributed by atoms with Gasteiger partial charge in [0.2, 0.25) is 0 Å². The summed E-state index contributed by atoms with van der Waals surface area (Å²) in [7, 11) is 0. The Bertz CT molecular complexity index is 1080. The summed E-state index contributed by atoms with van der Waals surface area (Å²) in [5.74, 6) is -0.884. The van der Waals surface area contributed by atoms with Gasteiger partial charge in [0.25, 0.3) is 0 Å². The van der Waals surface area contributed by atoms with Gasteiger partial charge in [-0.2, -0.15) is 0 Å². The first kappa shape index (κ1) is 61.6. The van der Waals surface area contributed by atoms with Crippen LogP contribution in [-0.2, 0) is 28.6 Å². The predicted molar refractivity (Wildman–Crippen MR) is 275 cm³/mol. The Hall–Kier alpha value is -2.37. The van der Waals surface area contributed by atoms with Gasteiger partial charge in [0.1, 0.15) is 13.2 Å². The topological polar surface area (TPSA) is 78.9 Å². The van der Waals surface area contributed by atoms with Gasteiger partial charge in [0, 0.05) is 19.3 Å². The Morgan fingerprint density at radius 1 is 0.297 bits per heavy atom. The number of allylic oxidation sites excluding steroid dienone is 6. The van der Waals surface area contributed by atoms with Crippen LogP contribution in [0.25, 0.3) is 0 Å². The molecule has 0 saturated heterocycles. The highest BCUT2D eigenvalue weighted by Crippen LogP contribution is 2.15. The Labute approximate surface area is 397 Å². The maximum Gasteiger partial charge on any atom is 0.306 e. The number of esters is 3. The lowest BCUT2D eigenvalue weighted by atomic mass is 10.1. The number of carbonyl (C=O) groups is 3. The molecule has 0 spiro atoms. The number of ether oxygens (including phenoxy) is 3. The van der Waals surface area contributed by atoms with Gasteiger partial charge in [-0.3, -0.25) is 14.4 Å². The van der Waals surface area contributed by atoms with Crippen LogP contribution in [0.2, 0.25) is 0 Å². The van der Waals surface area contributed by atoms with Crippen LogP contribution in [0.1, 0.15) is 297 Å². The van der Waals surface area contributed by atoms with Gasteiger partial charge < -0.3 is 14.2 Å². The van der Waals surface area contributed by atoms with Crippen LogP contribution < -0.4 is 0 Å². The quantitative estimate of drug-likeness (QED) is 0.0262. The summed E-state index contributed by atoms with van der Waals surface area (Å²) < 4.78 is 16.8. The molecule has 0 aromatic carbocycles. The van der Waals surface area contributed by atoms with Crippen LogP contribution >= 0.6 is 0 Å². The van der Waals surface area contributed by atoms with E-state index in [-0.39, 0.29) is 31.1 Å². The molecule has 0 aromatic heterocycles. The molecule has 374 valence electrons. The van der Waals surface area contributed by atoms with E-state index in [1.807, 2.05) is 0 Å². The van der Waals surface area contributed by atoms with Gasteiger partial charge in [0.15, 0.2) is 6.10 Å². The molecule has 0 bridgehead atoms. The average molecular weight is 899 g/mol. The highest BCUT2D eigenvalue weighted by atomic mass is 16.6. The van der Waals surface area contributed by atoms with Crippen LogP contribution in [0, 0.1) is 0 Å². The summed E-state index contributed by atoms with van der Waals surface area (Å²) in [6.45, 7) is 6.62. The molecule has 0 unspecified atom stereocenters. The van der Waals surface area contributed by atoms with Crippen LogP contribution in [-0.4, -0.2) is 37.2 Å². The monoisotopic (exact) mass is 899 g/mol. The fraction of sp³-hybridized carbons (Fsp3) is 0.845. The molecule has 0 amide bonds. The maximum atomic E-state index is 12.8.